The molecule has 2 aromatic carbocycles. The highest BCUT2D eigenvalue weighted by Gasteiger charge is 2.15. The smallest absolute Gasteiger partial charge is 0.228 e. The molecule has 0 fully saturated rings. The molecule has 0 amide bonds. The first-order chi connectivity index (χ1) is 9.15. The Labute approximate surface area is 117 Å². The highest BCUT2D eigenvalue weighted by Crippen LogP contribution is 2.23. The van der Waals surface area contributed by atoms with E-state index in [1.807, 2.05) is 18.2 Å². The molecule has 19 heavy (non-hydrogen) atoms. The van der Waals surface area contributed by atoms with Gasteiger partial charge in [0.2, 0.25) is 5.78 Å². The first kappa shape index (κ1) is 12.1. The summed E-state index contributed by atoms with van der Waals surface area (Å²) < 4.78 is 19.2. The van der Waals surface area contributed by atoms with Crippen molar-refractivity contribution < 1.29 is 13.6 Å². The average molecular weight is 319 g/mol. The van der Waals surface area contributed by atoms with Crippen LogP contribution in [0.2, 0.25) is 0 Å². The predicted octanol–water partition coefficient (Wildman–Crippen LogP) is 4.57. The van der Waals surface area contributed by atoms with Crippen molar-refractivity contribution in [3.05, 3.63) is 70.1 Å². The van der Waals surface area contributed by atoms with Gasteiger partial charge in [0, 0.05) is 10.9 Å². The van der Waals surface area contributed by atoms with E-state index >= 15 is 0 Å². The number of halogens is 2. The maximum absolute atomic E-state index is 13.4. The fraction of sp³-hybridized carbons (Fsp3) is 0. The van der Waals surface area contributed by atoms with Gasteiger partial charge in [0.25, 0.3) is 0 Å². The molecule has 2 nitrogen and oxygen atoms in total. The topological polar surface area (TPSA) is 30.2 Å². The molecule has 0 N–H and O–H groups in total. The van der Waals surface area contributed by atoms with Crippen LogP contribution in [0.1, 0.15) is 16.1 Å². The Morgan fingerprint density at radius 2 is 1.89 bits per heavy atom. The fourth-order valence-corrected chi connectivity index (χ4v) is 2.12. The molecule has 0 radical (unpaired) electrons. The van der Waals surface area contributed by atoms with Gasteiger partial charge in [-0.3, -0.25) is 4.79 Å². The summed E-state index contributed by atoms with van der Waals surface area (Å²) in [5, 5.41) is 0.850. The summed E-state index contributed by atoms with van der Waals surface area (Å²) in [4.78, 5) is 12.2. The summed E-state index contributed by atoms with van der Waals surface area (Å²) in [7, 11) is 0. The minimum atomic E-state index is -0.470. The minimum Gasteiger partial charge on any atom is -0.453 e. The van der Waals surface area contributed by atoms with Crippen LogP contribution >= 0.6 is 15.9 Å². The number of para-hydroxylation sites is 1. The van der Waals surface area contributed by atoms with E-state index in [1.54, 1.807) is 18.2 Å². The molecule has 1 aromatic heterocycles. The van der Waals surface area contributed by atoms with Crippen LogP contribution in [0.5, 0.6) is 0 Å². The fourth-order valence-electron chi connectivity index (χ4n) is 1.87. The lowest BCUT2D eigenvalue weighted by Gasteiger charge is -1.99. The van der Waals surface area contributed by atoms with Crippen molar-refractivity contribution in [2.75, 3.05) is 0 Å². The van der Waals surface area contributed by atoms with Crippen molar-refractivity contribution in [3.63, 3.8) is 0 Å². The van der Waals surface area contributed by atoms with Crippen molar-refractivity contribution in [1.29, 1.82) is 0 Å². The summed E-state index contributed by atoms with van der Waals surface area (Å²) >= 11 is 3.05. The quantitative estimate of drug-likeness (QED) is 0.648. The van der Waals surface area contributed by atoms with Crippen molar-refractivity contribution in [1.82, 2.24) is 0 Å². The number of carbonyl (C=O) groups is 1. The van der Waals surface area contributed by atoms with E-state index in [4.69, 9.17) is 4.42 Å². The third-order valence-corrected chi connectivity index (χ3v) is 3.47. The normalized spacial score (nSPS) is 10.8. The average Bonchev–Trinajstić information content (AvgIpc) is 2.85. The second-order valence-corrected chi connectivity index (χ2v) is 4.96. The van der Waals surface area contributed by atoms with Gasteiger partial charge in [0.05, 0.1) is 4.47 Å². The Kier molecular flexibility index (Phi) is 2.95. The molecule has 0 aliphatic carbocycles. The van der Waals surface area contributed by atoms with E-state index in [2.05, 4.69) is 15.9 Å². The Hall–Kier alpha value is -1.94. The van der Waals surface area contributed by atoms with Crippen LogP contribution in [0.15, 0.2) is 57.4 Å². The summed E-state index contributed by atoms with van der Waals surface area (Å²) in [6, 6.07) is 13.3. The molecule has 0 bridgehead atoms. The van der Waals surface area contributed by atoms with Gasteiger partial charge in [-0.1, -0.05) is 18.2 Å². The van der Waals surface area contributed by atoms with Gasteiger partial charge < -0.3 is 4.42 Å². The van der Waals surface area contributed by atoms with Crippen LogP contribution in [0.4, 0.5) is 4.39 Å². The number of fused-ring (bicyclic) bond motifs is 1. The number of carbonyl (C=O) groups excluding carboxylic acids is 1. The first-order valence-electron chi connectivity index (χ1n) is 5.63. The monoisotopic (exact) mass is 318 g/mol. The van der Waals surface area contributed by atoms with Gasteiger partial charge in [-0.2, -0.15) is 0 Å². The molecular formula is C15H8BrFO2. The first-order valence-corrected chi connectivity index (χ1v) is 6.43. The molecule has 3 aromatic rings. The van der Waals surface area contributed by atoms with Gasteiger partial charge in [-0.15, -0.1) is 0 Å². The van der Waals surface area contributed by atoms with Gasteiger partial charge in [-0.05, 0) is 46.3 Å². The SMILES string of the molecule is O=C(c1ccc(Br)c(F)c1)c1cc2ccccc2o1. The minimum absolute atomic E-state index is 0.211. The molecule has 0 saturated heterocycles. The molecule has 0 aliphatic rings. The van der Waals surface area contributed by atoms with Gasteiger partial charge in [0.1, 0.15) is 11.4 Å². The lowest BCUT2D eigenvalue weighted by molar-refractivity contribution is 0.101. The van der Waals surface area contributed by atoms with Crippen LogP contribution in [-0.2, 0) is 0 Å². The van der Waals surface area contributed by atoms with Crippen LogP contribution in [0.25, 0.3) is 11.0 Å². The zero-order valence-corrected chi connectivity index (χ0v) is 11.3. The summed E-state index contributed by atoms with van der Waals surface area (Å²) in [6.07, 6.45) is 0. The molecule has 4 heteroatoms. The van der Waals surface area contributed by atoms with Crippen molar-refractivity contribution in [2.45, 2.75) is 0 Å². The zero-order chi connectivity index (χ0) is 13.4. The predicted molar refractivity (Wildman–Crippen MR) is 73.7 cm³/mol. The Morgan fingerprint density at radius 3 is 2.63 bits per heavy atom. The molecule has 0 aliphatic heterocycles. The lowest BCUT2D eigenvalue weighted by Crippen LogP contribution is -2.00. The van der Waals surface area contributed by atoms with Gasteiger partial charge >= 0.3 is 0 Å². The van der Waals surface area contributed by atoms with Crippen LogP contribution in [-0.4, -0.2) is 5.78 Å². The standard InChI is InChI=1S/C15H8BrFO2/c16-11-6-5-10(7-12(11)17)15(18)14-8-9-3-1-2-4-13(9)19-14/h1-8H. The number of ketones is 1. The van der Waals surface area contributed by atoms with E-state index in [0.29, 0.717) is 10.1 Å². The van der Waals surface area contributed by atoms with Crippen LogP contribution < -0.4 is 0 Å². The molecule has 0 saturated carbocycles. The van der Waals surface area contributed by atoms with E-state index in [-0.39, 0.29) is 17.1 Å². The van der Waals surface area contributed by atoms with Crippen molar-refractivity contribution >= 4 is 32.7 Å². The summed E-state index contributed by atoms with van der Waals surface area (Å²) in [6.45, 7) is 0. The van der Waals surface area contributed by atoms with Crippen molar-refractivity contribution in [3.8, 4) is 0 Å². The van der Waals surface area contributed by atoms with E-state index in [9.17, 15) is 9.18 Å². The maximum atomic E-state index is 13.4. The lowest BCUT2D eigenvalue weighted by atomic mass is 10.1. The number of rotatable bonds is 2. The van der Waals surface area contributed by atoms with Crippen molar-refractivity contribution in [2.24, 2.45) is 0 Å². The van der Waals surface area contributed by atoms with E-state index < -0.39 is 5.82 Å². The largest absolute Gasteiger partial charge is 0.453 e. The molecular weight excluding hydrogens is 311 g/mol. The number of hydrogen-bond acceptors (Lipinski definition) is 2. The second kappa shape index (κ2) is 4.63. The Bertz CT molecular complexity index is 744. The number of hydrogen-bond donors (Lipinski definition) is 0. The Morgan fingerprint density at radius 1 is 1.11 bits per heavy atom. The molecule has 0 spiro atoms. The Balaban J connectivity index is 2.05. The third kappa shape index (κ3) is 2.19. The zero-order valence-electron chi connectivity index (χ0n) is 9.69. The molecule has 3 rings (SSSR count). The van der Waals surface area contributed by atoms with Crippen LogP contribution in [0, 0.1) is 5.82 Å². The highest BCUT2D eigenvalue weighted by atomic mass is 79.9. The molecule has 0 atom stereocenters. The van der Waals surface area contributed by atoms with E-state index in [0.717, 1.165) is 5.39 Å². The third-order valence-electron chi connectivity index (χ3n) is 2.83. The second-order valence-electron chi connectivity index (χ2n) is 4.11. The van der Waals surface area contributed by atoms with Crippen LogP contribution in [0.3, 0.4) is 0 Å². The number of benzene rings is 2. The molecule has 94 valence electrons. The highest BCUT2D eigenvalue weighted by molar-refractivity contribution is 9.10. The van der Waals surface area contributed by atoms with E-state index in [1.165, 1.54) is 12.1 Å². The van der Waals surface area contributed by atoms with Gasteiger partial charge in [-0.25, -0.2) is 4.39 Å². The van der Waals surface area contributed by atoms with Gasteiger partial charge in [0.15, 0.2) is 5.76 Å². The summed E-state index contributed by atoms with van der Waals surface area (Å²) in [5.74, 6) is -0.590. The maximum Gasteiger partial charge on any atom is 0.228 e. The molecule has 1 heterocycles. The summed E-state index contributed by atoms with van der Waals surface area (Å²) in [5.41, 5.74) is 0.906. The molecule has 0 unspecified atom stereocenters. The number of furan rings is 1.